The minimum Gasteiger partial charge on any atom is -0.450 e. The van der Waals surface area contributed by atoms with Crippen molar-refractivity contribution in [1.82, 2.24) is 0 Å². The van der Waals surface area contributed by atoms with Gasteiger partial charge in [0.15, 0.2) is 5.96 Å². The number of rotatable bonds is 1. The third-order valence-corrected chi connectivity index (χ3v) is 1.01. The first kappa shape index (κ1) is 15.2. The van der Waals surface area contributed by atoms with Gasteiger partial charge in [-0.2, -0.15) is 0 Å². The number of carboxylic acid groups (broad SMARTS) is 2. The molecule has 0 aromatic heterocycles. The molecule has 8 N–H and O–H groups in total. The monoisotopic (exact) mass is 215 g/mol. The van der Waals surface area contributed by atoms with Gasteiger partial charge in [-0.1, -0.05) is 18.2 Å². The van der Waals surface area contributed by atoms with Gasteiger partial charge in [0, 0.05) is 0 Å². The molecule has 0 bridgehead atoms. The molecule has 0 amide bonds. The molecule has 7 nitrogen and oxygen atoms in total. The van der Waals surface area contributed by atoms with E-state index in [2.05, 4.69) is 4.99 Å². The predicted molar refractivity (Wildman–Crippen MR) is 56.2 cm³/mol. The van der Waals surface area contributed by atoms with Crippen LogP contribution >= 0.6 is 0 Å². The average molecular weight is 215 g/mol. The first-order chi connectivity index (χ1) is 6.52. The predicted octanol–water partition coefficient (Wildman–Crippen LogP) is -0.0108. The van der Waals surface area contributed by atoms with Gasteiger partial charge in [0.25, 0.3) is 0 Å². The summed E-state index contributed by atoms with van der Waals surface area (Å²) in [5.74, 6) is 0.0891. The second kappa shape index (κ2) is 8.32. The van der Waals surface area contributed by atoms with Crippen molar-refractivity contribution in [3.05, 3.63) is 30.3 Å². The first-order valence-corrected chi connectivity index (χ1v) is 3.59. The molecule has 15 heavy (non-hydrogen) atoms. The molecule has 0 saturated carbocycles. The van der Waals surface area contributed by atoms with Crippen molar-refractivity contribution in [3.63, 3.8) is 0 Å². The number of nitrogens with zero attached hydrogens (tertiary/aromatic N) is 1. The van der Waals surface area contributed by atoms with Crippen LogP contribution in [0.4, 0.5) is 10.5 Å². The maximum Gasteiger partial charge on any atom is 0.503 e. The van der Waals surface area contributed by atoms with Crippen molar-refractivity contribution >= 4 is 17.8 Å². The van der Waals surface area contributed by atoms with Crippen LogP contribution in [-0.2, 0) is 0 Å². The van der Waals surface area contributed by atoms with E-state index in [1.165, 1.54) is 0 Å². The standard InChI is InChI=1S/C7H9N3.CH2O3.H2O/c8-7(9)10-6-4-2-1-3-5-6;2-1(3)4;/h1-5H,(H4,8,9,10);(H2,2,3,4);1H2. The van der Waals surface area contributed by atoms with Crippen molar-refractivity contribution in [2.45, 2.75) is 0 Å². The highest BCUT2D eigenvalue weighted by atomic mass is 16.6. The molecule has 1 aromatic carbocycles. The van der Waals surface area contributed by atoms with Gasteiger partial charge in [-0.25, -0.2) is 9.79 Å². The fourth-order valence-corrected chi connectivity index (χ4v) is 0.652. The molecule has 7 heteroatoms. The molecule has 1 aromatic rings. The highest BCUT2D eigenvalue weighted by Crippen LogP contribution is 2.07. The zero-order valence-electron chi connectivity index (χ0n) is 7.79. The normalized spacial score (nSPS) is 7.47. The van der Waals surface area contributed by atoms with Gasteiger partial charge in [0.2, 0.25) is 0 Å². The zero-order valence-corrected chi connectivity index (χ0v) is 7.79. The van der Waals surface area contributed by atoms with Crippen molar-refractivity contribution in [2.24, 2.45) is 16.5 Å². The summed E-state index contributed by atoms with van der Waals surface area (Å²) in [7, 11) is 0. The summed E-state index contributed by atoms with van der Waals surface area (Å²) >= 11 is 0. The van der Waals surface area contributed by atoms with Crippen LogP contribution in [0.15, 0.2) is 35.3 Å². The summed E-state index contributed by atoms with van der Waals surface area (Å²) in [5, 5.41) is 13.9. The van der Waals surface area contributed by atoms with Crippen LogP contribution in [0.25, 0.3) is 0 Å². The zero-order chi connectivity index (χ0) is 11.0. The van der Waals surface area contributed by atoms with E-state index < -0.39 is 6.16 Å². The second-order valence-electron chi connectivity index (χ2n) is 2.15. The molecule has 0 aliphatic heterocycles. The minimum absolute atomic E-state index is 0. The van der Waals surface area contributed by atoms with Crippen molar-refractivity contribution in [2.75, 3.05) is 0 Å². The van der Waals surface area contributed by atoms with E-state index >= 15 is 0 Å². The summed E-state index contributed by atoms with van der Waals surface area (Å²) in [6, 6.07) is 9.33. The van der Waals surface area contributed by atoms with Crippen LogP contribution in [0.2, 0.25) is 0 Å². The second-order valence-corrected chi connectivity index (χ2v) is 2.15. The Balaban J connectivity index is 0. The molecule has 0 spiro atoms. The lowest BCUT2D eigenvalue weighted by Crippen LogP contribution is -2.21. The summed E-state index contributed by atoms with van der Waals surface area (Å²) in [4.78, 5) is 12.4. The highest BCUT2D eigenvalue weighted by Gasteiger charge is 1.83. The largest absolute Gasteiger partial charge is 0.503 e. The van der Waals surface area contributed by atoms with Gasteiger partial charge in [-0.15, -0.1) is 0 Å². The fourth-order valence-electron chi connectivity index (χ4n) is 0.652. The van der Waals surface area contributed by atoms with E-state index in [1.54, 1.807) is 0 Å². The van der Waals surface area contributed by atoms with Crippen molar-refractivity contribution < 1.29 is 20.5 Å². The topological polar surface area (TPSA) is 153 Å². The van der Waals surface area contributed by atoms with Crippen LogP contribution in [0.1, 0.15) is 0 Å². The molecular formula is C8H13N3O4. The van der Waals surface area contributed by atoms with E-state index in [1.807, 2.05) is 30.3 Å². The molecule has 0 radical (unpaired) electrons. The van der Waals surface area contributed by atoms with Crippen molar-refractivity contribution in [3.8, 4) is 0 Å². The number of hydrogen-bond acceptors (Lipinski definition) is 2. The van der Waals surface area contributed by atoms with Gasteiger partial charge in [0.1, 0.15) is 0 Å². The Labute approximate surface area is 86.0 Å². The number of benzene rings is 1. The Morgan fingerprint density at radius 2 is 1.53 bits per heavy atom. The molecular weight excluding hydrogens is 202 g/mol. The van der Waals surface area contributed by atoms with E-state index in [0.717, 1.165) is 5.69 Å². The third kappa shape index (κ3) is 11.7. The number of aliphatic imine (C=N–C) groups is 1. The molecule has 0 saturated heterocycles. The molecule has 0 aliphatic rings. The minimum atomic E-state index is -1.83. The van der Waals surface area contributed by atoms with Gasteiger partial charge < -0.3 is 27.2 Å². The molecule has 0 aliphatic carbocycles. The lowest BCUT2D eigenvalue weighted by Gasteiger charge is -1.91. The smallest absolute Gasteiger partial charge is 0.450 e. The number of nitrogens with two attached hydrogens (primary N) is 2. The first-order valence-electron chi connectivity index (χ1n) is 3.59. The van der Waals surface area contributed by atoms with Crippen LogP contribution in [-0.4, -0.2) is 27.8 Å². The summed E-state index contributed by atoms with van der Waals surface area (Å²) in [5.41, 5.74) is 11.1. The Morgan fingerprint density at radius 3 is 1.87 bits per heavy atom. The maximum absolute atomic E-state index is 8.56. The number of guanidine groups is 1. The van der Waals surface area contributed by atoms with Crippen LogP contribution < -0.4 is 11.5 Å². The summed E-state index contributed by atoms with van der Waals surface area (Å²) in [6.45, 7) is 0. The quantitative estimate of drug-likeness (QED) is 0.383. The lowest BCUT2D eigenvalue weighted by molar-refractivity contribution is 0.137. The molecule has 0 heterocycles. The molecule has 1 rings (SSSR count). The molecule has 84 valence electrons. The van der Waals surface area contributed by atoms with Gasteiger partial charge in [-0.05, 0) is 12.1 Å². The Morgan fingerprint density at radius 1 is 1.13 bits per heavy atom. The van der Waals surface area contributed by atoms with Gasteiger partial charge in [0.05, 0.1) is 5.69 Å². The number of carbonyl (C=O) groups is 1. The third-order valence-electron chi connectivity index (χ3n) is 1.01. The van der Waals surface area contributed by atoms with E-state index in [-0.39, 0.29) is 11.4 Å². The average Bonchev–Trinajstić information content (AvgIpc) is 2.03. The Bertz CT molecular complexity index is 305. The Kier molecular flexibility index (Phi) is 8.44. The van der Waals surface area contributed by atoms with E-state index in [9.17, 15) is 0 Å². The molecule has 0 unspecified atom stereocenters. The van der Waals surface area contributed by atoms with Crippen LogP contribution in [0.3, 0.4) is 0 Å². The molecule has 0 atom stereocenters. The molecule has 0 fully saturated rings. The SMILES string of the molecule is NC(N)=Nc1ccccc1.O.O=C(O)O. The Hall–Kier alpha value is -2.28. The van der Waals surface area contributed by atoms with Gasteiger partial charge in [-0.3, -0.25) is 0 Å². The lowest BCUT2D eigenvalue weighted by atomic mass is 10.3. The number of hydrogen-bond donors (Lipinski definition) is 4. The summed E-state index contributed by atoms with van der Waals surface area (Å²) < 4.78 is 0. The number of para-hydroxylation sites is 1. The van der Waals surface area contributed by atoms with Crippen LogP contribution in [0, 0.1) is 0 Å². The van der Waals surface area contributed by atoms with Crippen molar-refractivity contribution in [1.29, 1.82) is 0 Å². The highest BCUT2D eigenvalue weighted by molar-refractivity contribution is 5.78. The van der Waals surface area contributed by atoms with Gasteiger partial charge >= 0.3 is 6.16 Å². The van der Waals surface area contributed by atoms with E-state index in [4.69, 9.17) is 26.5 Å². The summed E-state index contributed by atoms with van der Waals surface area (Å²) in [6.07, 6.45) is -1.83. The van der Waals surface area contributed by atoms with E-state index in [0.29, 0.717) is 0 Å². The maximum atomic E-state index is 8.56. The fraction of sp³-hybridized carbons (Fsp3) is 0. The van der Waals surface area contributed by atoms with Crippen LogP contribution in [0.5, 0.6) is 0 Å².